The van der Waals surface area contributed by atoms with Crippen LogP contribution in [-0.4, -0.2) is 33.7 Å². The molecule has 1 aliphatic heterocycles. The Bertz CT molecular complexity index is 405. The molecule has 19 heavy (non-hydrogen) atoms. The highest BCUT2D eigenvalue weighted by molar-refractivity contribution is 8.00. The molecule has 1 saturated heterocycles. The van der Waals surface area contributed by atoms with Crippen molar-refractivity contribution in [2.45, 2.75) is 44.5 Å². The predicted molar refractivity (Wildman–Crippen MR) is 82.9 cm³/mol. The summed E-state index contributed by atoms with van der Waals surface area (Å²) >= 11 is 2.05. The molecule has 0 aliphatic carbocycles. The SMILES string of the molecule is CC[C@H](O)c1ccc(N2CCSC(C)(C)CC2)cn1. The quantitative estimate of drug-likeness (QED) is 0.922. The highest BCUT2D eigenvalue weighted by Crippen LogP contribution is 2.32. The number of pyridine rings is 1. The molecule has 0 spiro atoms. The van der Waals surface area contributed by atoms with Crippen LogP contribution in [0.3, 0.4) is 0 Å². The summed E-state index contributed by atoms with van der Waals surface area (Å²) in [6.07, 6.45) is 3.36. The minimum absolute atomic E-state index is 0.376. The minimum atomic E-state index is -0.437. The molecular weight excluding hydrogens is 256 g/mol. The molecule has 1 aromatic heterocycles. The van der Waals surface area contributed by atoms with Crippen LogP contribution in [0.5, 0.6) is 0 Å². The summed E-state index contributed by atoms with van der Waals surface area (Å²) in [5.41, 5.74) is 1.95. The van der Waals surface area contributed by atoms with Crippen molar-refractivity contribution in [2.24, 2.45) is 0 Å². The van der Waals surface area contributed by atoms with E-state index in [4.69, 9.17) is 0 Å². The van der Waals surface area contributed by atoms with E-state index in [1.807, 2.05) is 30.9 Å². The molecular formula is C15H24N2OS. The van der Waals surface area contributed by atoms with Crippen LogP contribution in [0.4, 0.5) is 5.69 Å². The van der Waals surface area contributed by atoms with Crippen molar-refractivity contribution >= 4 is 17.4 Å². The molecule has 0 unspecified atom stereocenters. The van der Waals surface area contributed by atoms with Crippen LogP contribution in [0.2, 0.25) is 0 Å². The Hall–Kier alpha value is -0.740. The van der Waals surface area contributed by atoms with Gasteiger partial charge in [0, 0.05) is 23.6 Å². The fourth-order valence-corrected chi connectivity index (χ4v) is 3.37. The molecule has 1 aliphatic rings. The number of thioether (sulfide) groups is 1. The zero-order chi connectivity index (χ0) is 13.9. The molecule has 0 aromatic carbocycles. The van der Waals surface area contributed by atoms with E-state index in [1.165, 1.54) is 12.1 Å². The first-order valence-corrected chi connectivity index (χ1v) is 8.03. The van der Waals surface area contributed by atoms with Gasteiger partial charge in [-0.15, -0.1) is 0 Å². The summed E-state index contributed by atoms with van der Waals surface area (Å²) in [4.78, 5) is 6.79. The van der Waals surface area contributed by atoms with Crippen LogP contribution in [0.15, 0.2) is 18.3 Å². The summed E-state index contributed by atoms with van der Waals surface area (Å²) in [6.45, 7) is 8.76. The molecule has 2 rings (SSSR count). The van der Waals surface area contributed by atoms with E-state index >= 15 is 0 Å². The normalized spacial score (nSPS) is 20.9. The maximum absolute atomic E-state index is 9.76. The molecule has 106 valence electrons. The lowest BCUT2D eigenvalue weighted by atomic mass is 10.1. The number of anilines is 1. The second kappa shape index (κ2) is 6.14. The van der Waals surface area contributed by atoms with Crippen molar-refractivity contribution in [3.05, 3.63) is 24.0 Å². The molecule has 2 heterocycles. The second-order valence-electron chi connectivity index (χ2n) is 5.71. The third-order valence-corrected chi connectivity index (χ3v) is 5.07. The largest absolute Gasteiger partial charge is 0.387 e. The summed E-state index contributed by atoms with van der Waals surface area (Å²) in [5, 5.41) is 9.76. The van der Waals surface area contributed by atoms with Gasteiger partial charge >= 0.3 is 0 Å². The van der Waals surface area contributed by atoms with Crippen LogP contribution < -0.4 is 4.90 Å². The first kappa shape index (κ1) is 14.7. The van der Waals surface area contributed by atoms with E-state index in [9.17, 15) is 5.11 Å². The zero-order valence-corrected chi connectivity index (χ0v) is 12.9. The predicted octanol–water partition coefficient (Wildman–Crippen LogP) is 3.25. The van der Waals surface area contributed by atoms with E-state index in [2.05, 4.69) is 29.8 Å². The molecule has 1 atom stereocenters. The Kier molecular flexibility index (Phi) is 4.74. The highest BCUT2D eigenvalue weighted by atomic mass is 32.2. The Morgan fingerprint density at radius 1 is 1.42 bits per heavy atom. The van der Waals surface area contributed by atoms with Gasteiger partial charge in [-0.25, -0.2) is 0 Å². The Balaban J connectivity index is 2.05. The Morgan fingerprint density at radius 2 is 2.21 bits per heavy atom. The van der Waals surface area contributed by atoms with Gasteiger partial charge in [0.05, 0.1) is 23.7 Å². The van der Waals surface area contributed by atoms with Gasteiger partial charge < -0.3 is 10.0 Å². The standard InChI is InChI=1S/C15H24N2OS/c1-4-14(18)13-6-5-12(11-16-13)17-8-7-15(2,3)19-10-9-17/h5-6,11,14,18H,4,7-10H2,1-3H3/t14-/m0/s1. The highest BCUT2D eigenvalue weighted by Gasteiger charge is 2.23. The lowest BCUT2D eigenvalue weighted by Gasteiger charge is -2.24. The molecule has 0 amide bonds. The summed E-state index contributed by atoms with van der Waals surface area (Å²) in [7, 11) is 0. The third kappa shape index (κ3) is 3.86. The topological polar surface area (TPSA) is 36.4 Å². The number of hydrogen-bond acceptors (Lipinski definition) is 4. The second-order valence-corrected chi connectivity index (χ2v) is 7.51. The molecule has 3 nitrogen and oxygen atoms in total. The van der Waals surface area contributed by atoms with Gasteiger partial charge in [0.1, 0.15) is 0 Å². The number of nitrogens with zero attached hydrogens (tertiary/aromatic N) is 2. The first-order valence-electron chi connectivity index (χ1n) is 7.05. The van der Waals surface area contributed by atoms with Crippen LogP contribution in [-0.2, 0) is 0 Å². The van der Waals surface area contributed by atoms with Crippen LogP contribution in [0.1, 0.15) is 45.4 Å². The third-order valence-electron chi connectivity index (χ3n) is 3.70. The van der Waals surface area contributed by atoms with E-state index in [1.54, 1.807) is 0 Å². The first-order chi connectivity index (χ1) is 9.02. The van der Waals surface area contributed by atoms with Crippen molar-refractivity contribution in [3.8, 4) is 0 Å². The monoisotopic (exact) mass is 280 g/mol. The van der Waals surface area contributed by atoms with Crippen LogP contribution in [0.25, 0.3) is 0 Å². The van der Waals surface area contributed by atoms with Crippen LogP contribution >= 0.6 is 11.8 Å². The minimum Gasteiger partial charge on any atom is -0.387 e. The van der Waals surface area contributed by atoms with Crippen molar-refractivity contribution < 1.29 is 5.11 Å². The lowest BCUT2D eigenvalue weighted by Crippen LogP contribution is -2.27. The Morgan fingerprint density at radius 3 is 2.84 bits per heavy atom. The molecule has 0 bridgehead atoms. The Labute approximate surface area is 120 Å². The molecule has 1 N–H and O–H groups in total. The van der Waals surface area contributed by atoms with Gasteiger partial charge in [0.2, 0.25) is 0 Å². The van der Waals surface area contributed by atoms with E-state index in [0.29, 0.717) is 11.2 Å². The summed E-state index contributed by atoms with van der Waals surface area (Å²) in [5.74, 6) is 1.16. The van der Waals surface area contributed by atoms with Gasteiger partial charge in [-0.1, -0.05) is 20.8 Å². The smallest absolute Gasteiger partial charge is 0.0957 e. The molecule has 4 heteroatoms. The van der Waals surface area contributed by atoms with Crippen molar-refractivity contribution in [1.82, 2.24) is 4.98 Å². The van der Waals surface area contributed by atoms with Gasteiger partial charge in [-0.05, 0) is 25.0 Å². The van der Waals surface area contributed by atoms with Gasteiger partial charge in [-0.3, -0.25) is 4.98 Å². The summed E-state index contributed by atoms with van der Waals surface area (Å²) in [6, 6.07) is 4.04. The molecule has 0 saturated carbocycles. The van der Waals surface area contributed by atoms with Crippen molar-refractivity contribution in [2.75, 3.05) is 23.7 Å². The van der Waals surface area contributed by atoms with Gasteiger partial charge in [0.15, 0.2) is 0 Å². The van der Waals surface area contributed by atoms with E-state index < -0.39 is 6.10 Å². The maximum atomic E-state index is 9.76. The fourth-order valence-electron chi connectivity index (χ4n) is 2.27. The van der Waals surface area contributed by atoms with E-state index in [-0.39, 0.29) is 0 Å². The maximum Gasteiger partial charge on any atom is 0.0957 e. The molecule has 0 radical (unpaired) electrons. The number of aliphatic hydroxyl groups is 1. The van der Waals surface area contributed by atoms with Gasteiger partial charge in [-0.2, -0.15) is 11.8 Å². The van der Waals surface area contributed by atoms with Crippen molar-refractivity contribution in [3.63, 3.8) is 0 Å². The number of hydrogen-bond donors (Lipinski definition) is 1. The van der Waals surface area contributed by atoms with Crippen LogP contribution in [0, 0.1) is 0 Å². The number of rotatable bonds is 3. The number of aromatic nitrogens is 1. The fraction of sp³-hybridized carbons (Fsp3) is 0.667. The van der Waals surface area contributed by atoms with Gasteiger partial charge in [0.25, 0.3) is 0 Å². The molecule has 1 aromatic rings. The van der Waals surface area contributed by atoms with E-state index in [0.717, 1.165) is 24.5 Å². The average Bonchev–Trinajstić information content (AvgIpc) is 2.59. The summed E-state index contributed by atoms with van der Waals surface area (Å²) < 4.78 is 0.376. The lowest BCUT2D eigenvalue weighted by molar-refractivity contribution is 0.169. The van der Waals surface area contributed by atoms with Crippen molar-refractivity contribution in [1.29, 1.82) is 0 Å². The molecule has 1 fully saturated rings. The number of aliphatic hydroxyl groups excluding tert-OH is 1. The average molecular weight is 280 g/mol. The zero-order valence-electron chi connectivity index (χ0n) is 12.1.